The molecule has 1 aromatic carbocycles. The Labute approximate surface area is 183 Å². The van der Waals surface area contributed by atoms with Gasteiger partial charge in [-0.05, 0) is 25.1 Å². The molecular formula is C22H20ClFN6O. The second kappa shape index (κ2) is 7.86. The minimum atomic E-state index is -0.447. The molecule has 1 atom stereocenters. The van der Waals surface area contributed by atoms with Gasteiger partial charge in [0.15, 0.2) is 0 Å². The van der Waals surface area contributed by atoms with Crippen LogP contribution in [0.25, 0.3) is 22.3 Å². The third-order valence-electron chi connectivity index (χ3n) is 5.31. The Balaban J connectivity index is 1.60. The van der Waals surface area contributed by atoms with Crippen LogP contribution >= 0.6 is 11.6 Å². The van der Waals surface area contributed by atoms with Crippen LogP contribution in [0, 0.1) is 12.7 Å². The van der Waals surface area contributed by atoms with Crippen molar-refractivity contribution in [3.05, 3.63) is 65.0 Å². The van der Waals surface area contributed by atoms with E-state index in [0.717, 1.165) is 11.3 Å². The first-order chi connectivity index (χ1) is 15.0. The molecule has 5 rings (SSSR count). The van der Waals surface area contributed by atoms with Crippen LogP contribution in [0.3, 0.4) is 0 Å². The van der Waals surface area contributed by atoms with Crippen molar-refractivity contribution in [2.24, 2.45) is 7.05 Å². The first-order valence-electron chi connectivity index (χ1n) is 9.93. The highest BCUT2D eigenvalue weighted by Crippen LogP contribution is 2.33. The topological polar surface area (TPSA) is 69.0 Å². The minimum absolute atomic E-state index is 0.125. The predicted octanol–water partition coefficient (Wildman–Crippen LogP) is 4.10. The summed E-state index contributed by atoms with van der Waals surface area (Å²) in [7, 11) is 1.88. The maximum Gasteiger partial charge on any atom is 0.134 e. The fraction of sp³-hybridized carbons (Fsp3) is 0.273. The maximum atomic E-state index is 14.8. The second-order valence-corrected chi connectivity index (χ2v) is 8.02. The van der Waals surface area contributed by atoms with Gasteiger partial charge in [0.25, 0.3) is 0 Å². The largest absolute Gasteiger partial charge is 0.370 e. The lowest BCUT2D eigenvalue weighted by Gasteiger charge is -2.33. The number of anilines is 1. The Morgan fingerprint density at radius 3 is 2.84 bits per heavy atom. The Hall–Kier alpha value is -3.10. The molecule has 0 radical (unpaired) electrons. The first kappa shape index (κ1) is 19.8. The average molecular weight is 439 g/mol. The molecule has 31 heavy (non-hydrogen) atoms. The molecule has 0 N–H and O–H groups in total. The van der Waals surface area contributed by atoms with E-state index in [2.05, 4.69) is 20.0 Å². The predicted molar refractivity (Wildman–Crippen MR) is 117 cm³/mol. The zero-order chi connectivity index (χ0) is 21.5. The van der Waals surface area contributed by atoms with Crippen molar-refractivity contribution < 1.29 is 9.13 Å². The van der Waals surface area contributed by atoms with Crippen molar-refractivity contribution in [2.45, 2.75) is 13.0 Å². The standard InChI is InChI=1S/C22H20ClFN6O/c1-13-9-25-18-8-20(30-5-6-31-19(12-30)14-10-26-29(2)11-14)28-21(22(18)27-13)16-4-3-15(23)7-17(16)24/h3-4,7-11,19H,5-6,12H2,1-2H3. The number of benzene rings is 1. The van der Waals surface area contributed by atoms with Crippen molar-refractivity contribution >= 4 is 28.5 Å². The van der Waals surface area contributed by atoms with E-state index in [4.69, 9.17) is 21.3 Å². The van der Waals surface area contributed by atoms with E-state index >= 15 is 0 Å². The average Bonchev–Trinajstić information content (AvgIpc) is 3.20. The quantitative estimate of drug-likeness (QED) is 0.479. The van der Waals surface area contributed by atoms with E-state index in [1.54, 1.807) is 23.0 Å². The van der Waals surface area contributed by atoms with Gasteiger partial charge < -0.3 is 9.64 Å². The third kappa shape index (κ3) is 3.84. The van der Waals surface area contributed by atoms with Crippen LogP contribution in [0.15, 0.2) is 42.9 Å². The van der Waals surface area contributed by atoms with Crippen LogP contribution in [0.5, 0.6) is 0 Å². The van der Waals surface area contributed by atoms with Crippen LogP contribution in [0.4, 0.5) is 10.2 Å². The second-order valence-electron chi connectivity index (χ2n) is 7.59. The maximum absolute atomic E-state index is 14.8. The number of fused-ring (bicyclic) bond motifs is 1. The van der Waals surface area contributed by atoms with Crippen molar-refractivity contribution in [1.82, 2.24) is 24.7 Å². The molecule has 7 nitrogen and oxygen atoms in total. The molecule has 1 unspecified atom stereocenters. The van der Waals surface area contributed by atoms with Crippen molar-refractivity contribution in [1.29, 1.82) is 0 Å². The van der Waals surface area contributed by atoms with Crippen LogP contribution in [0.1, 0.15) is 17.4 Å². The monoisotopic (exact) mass is 438 g/mol. The van der Waals surface area contributed by atoms with E-state index < -0.39 is 5.82 Å². The SMILES string of the molecule is Cc1cnc2cc(N3CCOC(c4cnn(C)c4)C3)nc(-c3ccc(Cl)cc3F)c2n1. The van der Waals surface area contributed by atoms with Crippen LogP contribution in [-0.4, -0.2) is 44.4 Å². The summed E-state index contributed by atoms with van der Waals surface area (Å²) >= 11 is 5.96. The van der Waals surface area contributed by atoms with Gasteiger partial charge in [0, 0.05) is 54.7 Å². The molecule has 3 aromatic heterocycles. The van der Waals surface area contributed by atoms with Crippen molar-refractivity contribution in [3.63, 3.8) is 0 Å². The minimum Gasteiger partial charge on any atom is -0.370 e. The molecular weight excluding hydrogens is 419 g/mol. The number of morpholine rings is 1. The summed E-state index contributed by atoms with van der Waals surface area (Å²) in [6, 6.07) is 6.46. The normalized spacial score (nSPS) is 16.8. The summed E-state index contributed by atoms with van der Waals surface area (Å²) in [6.45, 7) is 3.66. The van der Waals surface area contributed by atoms with Gasteiger partial charge in [-0.25, -0.2) is 14.4 Å². The Bertz CT molecular complexity index is 1280. The lowest BCUT2D eigenvalue weighted by Crippen LogP contribution is -2.38. The van der Waals surface area contributed by atoms with Crippen LogP contribution in [-0.2, 0) is 11.8 Å². The van der Waals surface area contributed by atoms with E-state index in [0.29, 0.717) is 52.8 Å². The zero-order valence-corrected chi connectivity index (χ0v) is 17.8. The molecule has 1 aliphatic rings. The molecule has 1 saturated heterocycles. The molecule has 1 fully saturated rings. The number of nitrogens with zero attached hydrogens (tertiary/aromatic N) is 6. The van der Waals surface area contributed by atoms with Gasteiger partial charge in [0.2, 0.25) is 0 Å². The Morgan fingerprint density at radius 1 is 1.19 bits per heavy atom. The zero-order valence-electron chi connectivity index (χ0n) is 17.1. The van der Waals surface area contributed by atoms with Gasteiger partial charge in [0.05, 0.1) is 24.0 Å². The van der Waals surface area contributed by atoms with Crippen molar-refractivity contribution in [2.75, 3.05) is 24.6 Å². The molecule has 0 amide bonds. The van der Waals surface area contributed by atoms with Gasteiger partial charge in [-0.15, -0.1) is 0 Å². The number of pyridine rings is 1. The first-order valence-corrected chi connectivity index (χ1v) is 10.3. The third-order valence-corrected chi connectivity index (χ3v) is 5.55. The lowest BCUT2D eigenvalue weighted by molar-refractivity contribution is 0.0395. The number of ether oxygens (including phenoxy) is 1. The Morgan fingerprint density at radius 2 is 2.06 bits per heavy atom. The van der Waals surface area contributed by atoms with Gasteiger partial charge in [0.1, 0.15) is 28.9 Å². The molecule has 0 saturated carbocycles. The van der Waals surface area contributed by atoms with Gasteiger partial charge in [-0.1, -0.05) is 11.6 Å². The highest BCUT2D eigenvalue weighted by atomic mass is 35.5. The number of halogens is 2. The number of aromatic nitrogens is 5. The molecule has 9 heteroatoms. The summed E-state index contributed by atoms with van der Waals surface area (Å²) in [5.41, 5.74) is 3.75. The smallest absolute Gasteiger partial charge is 0.134 e. The number of hydrogen-bond acceptors (Lipinski definition) is 6. The van der Waals surface area contributed by atoms with Gasteiger partial charge >= 0.3 is 0 Å². The summed E-state index contributed by atoms with van der Waals surface area (Å²) in [5.74, 6) is 0.254. The number of rotatable bonds is 3. The molecule has 0 spiro atoms. The van der Waals surface area contributed by atoms with E-state index in [1.807, 2.05) is 32.4 Å². The highest BCUT2D eigenvalue weighted by Gasteiger charge is 2.25. The summed E-state index contributed by atoms with van der Waals surface area (Å²) < 4.78 is 22.5. The summed E-state index contributed by atoms with van der Waals surface area (Å²) in [6.07, 6.45) is 5.33. The summed E-state index contributed by atoms with van der Waals surface area (Å²) in [4.78, 5) is 16.1. The van der Waals surface area contributed by atoms with Crippen molar-refractivity contribution in [3.8, 4) is 11.3 Å². The summed E-state index contributed by atoms with van der Waals surface area (Å²) in [5, 5.41) is 4.57. The molecule has 0 aliphatic carbocycles. The molecule has 1 aliphatic heterocycles. The molecule has 4 aromatic rings. The van der Waals surface area contributed by atoms with E-state index in [9.17, 15) is 4.39 Å². The van der Waals surface area contributed by atoms with Crippen LogP contribution < -0.4 is 4.90 Å². The van der Waals surface area contributed by atoms with E-state index in [-0.39, 0.29) is 6.10 Å². The number of hydrogen-bond donors (Lipinski definition) is 0. The number of aryl methyl sites for hydroxylation is 2. The fourth-order valence-corrected chi connectivity index (χ4v) is 3.94. The van der Waals surface area contributed by atoms with Gasteiger partial charge in [-0.2, -0.15) is 5.10 Å². The highest BCUT2D eigenvalue weighted by molar-refractivity contribution is 6.30. The van der Waals surface area contributed by atoms with Crippen LogP contribution in [0.2, 0.25) is 5.02 Å². The van der Waals surface area contributed by atoms with Gasteiger partial charge in [-0.3, -0.25) is 9.67 Å². The van der Waals surface area contributed by atoms with E-state index in [1.165, 1.54) is 6.07 Å². The molecule has 0 bridgehead atoms. The molecule has 158 valence electrons. The molecule has 4 heterocycles. The fourth-order valence-electron chi connectivity index (χ4n) is 3.79. The Kier molecular flexibility index (Phi) is 5.03. The lowest BCUT2D eigenvalue weighted by atomic mass is 10.1.